The third kappa shape index (κ3) is 3.93. The molecule has 7 nitrogen and oxygen atoms in total. The van der Waals surface area contributed by atoms with Crippen LogP contribution < -0.4 is 10.2 Å². The molecular weight excluding hydrogens is 436 g/mol. The van der Waals surface area contributed by atoms with Crippen LogP contribution in [-0.4, -0.2) is 28.6 Å². The highest BCUT2D eigenvalue weighted by molar-refractivity contribution is 9.10. The van der Waals surface area contributed by atoms with Crippen LogP contribution in [0.4, 0.5) is 11.4 Å². The monoisotopic (exact) mass is 454 g/mol. The fraction of sp³-hybridized carbons (Fsp3) is 0.238. The zero-order valence-electron chi connectivity index (χ0n) is 16.0. The Labute approximate surface area is 176 Å². The van der Waals surface area contributed by atoms with E-state index in [2.05, 4.69) is 31.4 Å². The van der Waals surface area contributed by atoms with E-state index in [4.69, 9.17) is 4.42 Å². The smallest absolute Gasteiger partial charge is 0.247 e. The third-order valence-electron chi connectivity index (χ3n) is 5.05. The summed E-state index contributed by atoms with van der Waals surface area (Å²) in [5.41, 5.74) is 4.14. The Morgan fingerprint density at radius 3 is 2.76 bits per heavy atom. The van der Waals surface area contributed by atoms with Crippen molar-refractivity contribution in [2.75, 3.05) is 16.8 Å². The molecule has 29 heavy (non-hydrogen) atoms. The van der Waals surface area contributed by atoms with E-state index in [0.717, 1.165) is 26.9 Å². The van der Waals surface area contributed by atoms with E-state index in [1.165, 1.54) is 6.39 Å². The Balaban J connectivity index is 1.50. The second kappa shape index (κ2) is 7.79. The molecule has 4 rings (SSSR count). The van der Waals surface area contributed by atoms with Crippen LogP contribution in [0.5, 0.6) is 0 Å². The minimum atomic E-state index is -0.419. The lowest BCUT2D eigenvalue weighted by Crippen LogP contribution is -2.28. The molecule has 0 aliphatic carbocycles. The minimum Gasteiger partial charge on any atom is -0.423 e. The van der Waals surface area contributed by atoms with Gasteiger partial charge in [-0.3, -0.25) is 9.59 Å². The van der Waals surface area contributed by atoms with Crippen molar-refractivity contribution in [2.45, 2.75) is 20.3 Å². The zero-order valence-corrected chi connectivity index (χ0v) is 17.6. The Morgan fingerprint density at radius 1 is 1.21 bits per heavy atom. The number of aromatic nitrogens is 2. The lowest BCUT2D eigenvalue weighted by atomic mass is 10.1. The molecule has 2 aromatic carbocycles. The van der Waals surface area contributed by atoms with Gasteiger partial charge in [0.25, 0.3) is 0 Å². The van der Waals surface area contributed by atoms with Gasteiger partial charge in [-0.15, -0.1) is 10.2 Å². The van der Waals surface area contributed by atoms with Crippen LogP contribution in [0.25, 0.3) is 11.5 Å². The van der Waals surface area contributed by atoms with E-state index < -0.39 is 5.92 Å². The molecule has 1 aliphatic rings. The predicted octanol–water partition coefficient (Wildman–Crippen LogP) is 4.11. The number of benzene rings is 2. The Hall–Kier alpha value is -3.00. The van der Waals surface area contributed by atoms with Crippen LogP contribution in [0.2, 0.25) is 0 Å². The van der Waals surface area contributed by atoms with Crippen molar-refractivity contribution < 1.29 is 14.0 Å². The van der Waals surface area contributed by atoms with Crippen molar-refractivity contribution in [3.63, 3.8) is 0 Å². The van der Waals surface area contributed by atoms with E-state index in [9.17, 15) is 9.59 Å². The molecule has 3 aromatic rings. The van der Waals surface area contributed by atoms with Crippen LogP contribution in [0.1, 0.15) is 17.5 Å². The first-order valence-electron chi connectivity index (χ1n) is 9.17. The largest absolute Gasteiger partial charge is 0.423 e. The number of amides is 2. The summed E-state index contributed by atoms with van der Waals surface area (Å²) in [5, 5.41) is 10.5. The Morgan fingerprint density at radius 2 is 2.03 bits per heavy atom. The van der Waals surface area contributed by atoms with Gasteiger partial charge in [-0.05, 0) is 55.3 Å². The fourth-order valence-corrected chi connectivity index (χ4v) is 3.60. The van der Waals surface area contributed by atoms with Crippen molar-refractivity contribution in [1.29, 1.82) is 0 Å². The zero-order chi connectivity index (χ0) is 20.5. The summed E-state index contributed by atoms with van der Waals surface area (Å²) < 4.78 is 6.21. The van der Waals surface area contributed by atoms with Crippen molar-refractivity contribution in [3.05, 3.63) is 58.4 Å². The van der Waals surface area contributed by atoms with Gasteiger partial charge in [-0.1, -0.05) is 22.0 Å². The average Bonchev–Trinajstić information content (AvgIpc) is 3.36. The number of nitrogens with one attached hydrogen (secondary N) is 1. The first-order valence-corrected chi connectivity index (χ1v) is 9.96. The lowest BCUT2D eigenvalue weighted by Gasteiger charge is -2.18. The lowest BCUT2D eigenvalue weighted by molar-refractivity contribution is -0.122. The van der Waals surface area contributed by atoms with E-state index in [-0.39, 0.29) is 18.2 Å². The van der Waals surface area contributed by atoms with Crippen molar-refractivity contribution >= 4 is 39.1 Å². The van der Waals surface area contributed by atoms with Gasteiger partial charge in [0.15, 0.2) is 0 Å². The molecule has 1 unspecified atom stereocenters. The van der Waals surface area contributed by atoms with Gasteiger partial charge in [-0.2, -0.15) is 0 Å². The predicted molar refractivity (Wildman–Crippen MR) is 112 cm³/mol. The maximum atomic E-state index is 12.9. The summed E-state index contributed by atoms with van der Waals surface area (Å²) >= 11 is 3.47. The number of halogens is 1. The topological polar surface area (TPSA) is 88.3 Å². The van der Waals surface area contributed by atoms with Gasteiger partial charge in [0.05, 0.1) is 5.92 Å². The number of nitrogens with zero attached hydrogens (tertiary/aromatic N) is 3. The van der Waals surface area contributed by atoms with Gasteiger partial charge in [0.1, 0.15) is 0 Å². The molecule has 1 atom stereocenters. The number of carbonyl (C=O) groups excluding carboxylic acids is 2. The quantitative estimate of drug-likeness (QED) is 0.640. The maximum absolute atomic E-state index is 12.9. The molecule has 1 fully saturated rings. The SMILES string of the molecule is Cc1cc(N2CC(C(=O)Nc3cc(-c4nnco4)ccc3C)CC2=O)ccc1Br. The maximum Gasteiger partial charge on any atom is 0.247 e. The molecule has 0 radical (unpaired) electrons. The number of hydrogen-bond acceptors (Lipinski definition) is 5. The molecule has 0 saturated carbocycles. The highest BCUT2D eigenvalue weighted by Gasteiger charge is 2.35. The molecule has 1 N–H and O–H groups in total. The van der Waals surface area contributed by atoms with Gasteiger partial charge in [0, 0.05) is 34.4 Å². The summed E-state index contributed by atoms with van der Waals surface area (Å²) in [6.07, 6.45) is 1.44. The van der Waals surface area contributed by atoms with Crippen molar-refractivity contribution in [1.82, 2.24) is 10.2 Å². The van der Waals surface area contributed by atoms with Crippen molar-refractivity contribution in [3.8, 4) is 11.5 Å². The van der Waals surface area contributed by atoms with Gasteiger partial charge in [0.2, 0.25) is 24.1 Å². The summed E-state index contributed by atoms with van der Waals surface area (Å²) in [5.74, 6) is -0.269. The Bertz CT molecular complexity index is 1080. The highest BCUT2D eigenvalue weighted by Crippen LogP contribution is 2.30. The molecule has 2 heterocycles. The molecule has 2 amide bonds. The minimum absolute atomic E-state index is 0.0526. The van der Waals surface area contributed by atoms with Crippen LogP contribution in [0.15, 0.2) is 51.7 Å². The molecule has 1 aliphatic heterocycles. The second-order valence-corrected chi connectivity index (χ2v) is 7.96. The molecular formula is C21H19BrN4O3. The number of hydrogen-bond donors (Lipinski definition) is 1. The number of rotatable bonds is 4. The molecule has 1 saturated heterocycles. The van der Waals surface area contributed by atoms with E-state index >= 15 is 0 Å². The average molecular weight is 455 g/mol. The number of anilines is 2. The fourth-order valence-electron chi connectivity index (χ4n) is 3.35. The molecule has 0 spiro atoms. The second-order valence-electron chi connectivity index (χ2n) is 7.10. The molecule has 0 bridgehead atoms. The normalized spacial score (nSPS) is 16.3. The molecule has 1 aromatic heterocycles. The first-order chi connectivity index (χ1) is 13.9. The highest BCUT2D eigenvalue weighted by atomic mass is 79.9. The summed E-state index contributed by atoms with van der Waals surface area (Å²) in [4.78, 5) is 27.1. The van der Waals surface area contributed by atoms with Crippen LogP contribution >= 0.6 is 15.9 Å². The Kier molecular flexibility index (Phi) is 5.19. The third-order valence-corrected chi connectivity index (χ3v) is 5.94. The van der Waals surface area contributed by atoms with Crippen LogP contribution in [0.3, 0.4) is 0 Å². The number of carbonyl (C=O) groups is 2. The van der Waals surface area contributed by atoms with Gasteiger partial charge < -0.3 is 14.6 Å². The van der Waals surface area contributed by atoms with Crippen molar-refractivity contribution in [2.24, 2.45) is 5.92 Å². The van der Waals surface area contributed by atoms with E-state index in [1.807, 2.05) is 44.2 Å². The summed E-state index contributed by atoms with van der Waals surface area (Å²) in [6, 6.07) is 11.3. The standard InChI is InChI=1S/C21H19BrN4O3/c1-12-3-4-14(21-25-23-11-29-21)8-18(12)24-20(28)15-9-19(27)26(10-15)16-5-6-17(22)13(2)7-16/h3-8,11,15H,9-10H2,1-2H3,(H,24,28). The van der Waals surface area contributed by atoms with E-state index in [1.54, 1.807) is 11.0 Å². The first kappa shape index (κ1) is 19.3. The van der Waals surface area contributed by atoms with Crippen LogP contribution in [-0.2, 0) is 9.59 Å². The molecule has 8 heteroatoms. The van der Waals surface area contributed by atoms with Crippen LogP contribution in [0, 0.1) is 19.8 Å². The summed E-state index contributed by atoms with van der Waals surface area (Å²) in [7, 11) is 0. The summed E-state index contributed by atoms with van der Waals surface area (Å²) in [6.45, 7) is 4.23. The molecule has 148 valence electrons. The number of aryl methyl sites for hydroxylation is 2. The van der Waals surface area contributed by atoms with Gasteiger partial charge >= 0.3 is 0 Å². The van der Waals surface area contributed by atoms with E-state index in [0.29, 0.717) is 18.1 Å². The van der Waals surface area contributed by atoms with Gasteiger partial charge in [-0.25, -0.2) is 0 Å².